The second kappa shape index (κ2) is 7.88. The first-order chi connectivity index (χ1) is 13.6. The molecule has 3 aromatic rings. The summed E-state index contributed by atoms with van der Waals surface area (Å²) in [5, 5.41) is 11.7. The fourth-order valence-electron chi connectivity index (χ4n) is 3.60. The van der Waals surface area contributed by atoms with Gasteiger partial charge < -0.3 is 9.42 Å². The molecule has 0 radical (unpaired) electrons. The molecule has 2 aromatic heterocycles. The van der Waals surface area contributed by atoms with Gasteiger partial charge in [-0.05, 0) is 31.7 Å². The van der Waals surface area contributed by atoms with Crippen LogP contribution >= 0.6 is 0 Å². The summed E-state index contributed by atoms with van der Waals surface area (Å²) in [6, 6.07) is 11.8. The number of aryl methyl sites for hydroxylation is 2. The summed E-state index contributed by atoms with van der Waals surface area (Å²) in [6.07, 6.45) is 4.21. The monoisotopic (exact) mass is 379 g/mol. The average Bonchev–Trinajstić information content (AvgIpc) is 3.26. The van der Waals surface area contributed by atoms with Gasteiger partial charge in [-0.3, -0.25) is 5.32 Å². The van der Waals surface area contributed by atoms with Crippen molar-refractivity contribution >= 4 is 11.8 Å². The Morgan fingerprint density at radius 1 is 1.25 bits per heavy atom. The van der Waals surface area contributed by atoms with Crippen LogP contribution in [0.1, 0.15) is 41.1 Å². The first kappa shape index (κ1) is 18.3. The van der Waals surface area contributed by atoms with Crippen molar-refractivity contribution < 1.29 is 9.32 Å². The number of nitrogens with one attached hydrogen (secondary N) is 1. The zero-order chi connectivity index (χ0) is 19.5. The highest BCUT2D eigenvalue weighted by molar-refractivity contribution is 5.88. The normalized spacial score (nSPS) is 13.2. The lowest BCUT2D eigenvalue weighted by atomic mass is 9.96. The van der Waals surface area contributed by atoms with E-state index in [2.05, 4.69) is 15.6 Å². The molecule has 7 heteroatoms. The quantitative estimate of drug-likeness (QED) is 0.732. The van der Waals surface area contributed by atoms with Gasteiger partial charge in [0.1, 0.15) is 17.3 Å². The molecule has 0 saturated carbocycles. The Bertz CT molecular complexity index is 961. The second-order valence-corrected chi connectivity index (χ2v) is 7.34. The van der Waals surface area contributed by atoms with Crippen molar-refractivity contribution in [2.75, 3.05) is 12.4 Å². The Morgan fingerprint density at radius 2 is 2.04 bits per heavy atom. The lowest BCUT2D eigenvalue weighted by Crippen LogP contribution is -2.32. The van der Waals surface area contributed by atoms with E-state index < -0.39 is 0 Å². The van der Waals surface area contributed by atoms with E-state index in [1.54, 1.807) is 11.9 Å². The Balaban J connectivity index is 1.44. The number of anilines is 1. The van der Waals surface area contributed by atoms with Gasteiger partial charge in [0.05, 0.1) is 18.8 Å². The van der Waals surface area contributed by atoms with Crippen LogP contribution in [0.3, 0.4) is 0 Å². The third-order valence-corrected chi connectivity index (χ3v) is 5.08. The number of carbonyl (C=O) groups is 1. The van der Waals surface area contributed by atoms with E-state index in [-0.39, 0.29) is 6.03 Å². The maximum atomic E-state index is 12.7. The molecule has 146 valence electrons. The summed E-state index contributed by atoms with van der Waals surface area (Å²) < 4.78 is 7.27. The second-order valence-electron chi connectivity index (χ2n) is 7.34. The van der Waals surface area contributed by atoms with E-state index in [4.69, 9.17) is 4.52 Å². The van der Waals surface area contributed by atoms with Crippen molar-refractivity contribution in [3.8, 4) is 0 Å². The van der Waals surface area contributed by atoms with Crippen LogP contribution in [0.2, 0.25) is 0 Å². The zero-order valence-corrected chi connectivity index (χ0v) is 16.3. The highest BCUT2D eigenvalue weighted by atomic mass is 16.5. The lowest BCUT2D eigenvalue weighted by molar-refractivity contribution is 0.219. The largest absolute Gasteiger partial charge is 0.361 e. The number of fused-ring (bicyclic) bond motifs is 1. The van der Waals surface area contributed by atoms with Crippen LogP contribution in [0.5, 0.6) is 0 Å². The van der Waals surface area contributed by atoms with E-state index in [0.717, 1.165) is 48.4 Å². The number of carbonyl (C=O) groups excluding carboxylic acids is 1. The minimum atomic E-state index is -0.193. The Kier molecular flexibility index (Phi) is 5.14. The van der Waals surface area contributed by atoms with E-state index in [1.807, 2.05) is 48.0 Å². The number of hydrogen-bond donors (Lipinski definition) is 1. The molecule has 0 spiro atoms. The van der Waals surface area contributed by atoms with Crippen LogP contribution in [-0.2, 0) is 25.9 Å². The molecule has 0 atom stereocenters. The summed E-state index contributed by atoms with van der Waals surface area (Å²) in [4.78, 5) is 14.4. The van der Waals surface area contributed by atoms with E-state index >= 15 is 0 Å². The number of hydrogen-bond acceptors (Lipinski definition) is 4. The van der Waals surface area contributed by atoms with Crippen LogP contribution in [0.15, 0.2) is 40.9 Å². The molecule has 0 saturated heterocycles. The zero-order valence-electron chi connectivity index (χ0n) is 16.3. The summed E-state index contributed by atoms with van der Waals surface area (Å²) in [6.45, 7) is 2.95. The Labute approximate surface area is 164 Å². The highest BCUT2D eigenvalue weighted by Gasteiger charge is 2.22. The molecule has 2 amide bonds. The molecule has 0 aliphatic heterocycles. The van der Waals surface area contributed by atoms with Crippen LogP contribution in [0, 0.1) is 6.92 Å². The number of rotatable bonds is 5. The molecule has 0 unspecified atom stereocenters. The smallest absolute Gasteiger partial charge is 0.323 e. The average molecular weight is 379 g/mol. The molecular formula is C21H25N5O2. The Morgan fingerprint density at radius 3 is 2.86 bits per heavy atom. The predicted molar refractivity (Wildman–Crippen MR) is 106 cm³/mol. The van der Waals surface area contributed by atoms with Gasteiger partial charge in [0.15, 0.2) is 0 Å². The summed E-state index contributed by atoms with van der Waals surface area (Å²) in [5.74, 6) is 1.66. The number of nitrogens with zero attached hydrogens (tertiary/aromatic N) is 4. The van der Waals surface area contributed by atoms with Crippen LogP contribution in [0.4, 0.5) is 10.6 Å². The van der Waals surface area contributed by atoms with Gasteiger partial charge in [0.25, 0.3) is 0 Å². The summed E-state index contributed by atoms with van der Waals surface area (Å²) in [5.41, 5.74) is 4.03. The standard InChI is InChI=1S/C21H25N5O2/c1-15-12-20(26(23-15)13-16-8-4-3-5-9-16)22-21(27)25(2)14-18-17-10-6-7-11-19(17)28-24-18/h3-5,8-9,12H,6-7,10-11,13-14H2,1-2H3,(H,22,27). The topological polar surface area (TPSA) is 76.2 Å². The van der Waals surface area contributed by atoms with Crippen molar-refractivity contribution in [2.24, 2.45) is 0 Å². The minimum absolute atomic E-state index is 0.193. The molecular weight excluding hydrogens is 354 g/mol. The first-order valence-corrected chi connectivity index (χ1v) is 9.67. The van der Waals surface area contributed by atoms with Crippen molar-refractivity contribution in [3.63, 3.8) is 0 Å². The maximum Gasteiger partial charge on any atom is 0.323 e. The molecule has 1 aliphatic rings. The van der Waals surface area contributed by atoms with Crippen LogP contribution in [0.25, 0.3) is 0 Å². The molecule has 0 fully saturated rings. The molecule has 4 rings (SSSR count). The van der Waals surface area contributed by atoms with Gasteiger partial charge in [0, 0.05) is 25.1 Å². The maximum absolute atomic E-state index is 12.7. The van der Waals surface area contributed by atoms with Crippen LogP contribution in [-0.4, -0.2) is 32.9 Å². The van der Waals surface area contributed by atoms with E-state index in [9.17, 15) is 4.79 Å². The van der Waals surface area contributed by atoms with Gasteiger partial charge in [-0.25, -0.2) is 9.48 Å². The van der Waals surface area contributed by atoms with Crippen molar-refractivity contribution in [1.82, 2.24) is 19.8 Å². The van der Waals surface area contributed by atoms with Crippen molar-refractivity contribution in [3.05, 3.63) is 64.7 Å². The summed E-state index contributed by atoms with van der Waals surface area (Å²) in [7, 11) is 1.77. The van der Waals surface area contributed by atoms with Gasteiger partial charge in [-0.15, -0.1) is 0 Å². The third-order valence-electron chi connectivity index (χ3n) is 5.08. The van der Waals surface area contributed by atoms with E-state index in [1.165, 1.54) is 5.56 Å². The predicted octanol–water partition coefficient (Wildman–Crippen LogP) is 3.77. The molecule has 0 bridgehead atoms. The Hall–Kier alpha value is -3.09. The van der Waals surface area contributed by atoms with Gasteiger partial charge in [-0.2, -0.15) is 5.10 Å². The van der Waals surface area contributed by atoms with Gasteiger partial charge in [0.2, 0.25) is 0 Å². The van der Waals surface area contributed by atoms with E-state index in [0.29, 0.717) is 18.9 Å². The van der Waals surface area contributed by atoms with Gasteiger partial charge >= 0.3 is 6.03 Å². The number of urea groups is 1. The lowest BCUT2D eigenvalue weighted by Gasteiger charge is -2.18. The molecule has 1 N–H and O–H groups in total. The number of benzene rings is 1. The molecule has 1 aromatic carbocycles. The number of aromatic nitrogens is 3. The third kappa shape index (κ3) is 3.93. The van der Waals surface area contributed by atoms with Crippen LogP contribution < -0.4 is 5.32 Å². The first-order valence-electron chi connectivity index (χ1n) is 9.67. The van der Waals surface area contributed by atoms with Crippen molar-refractivity contribution in [2.45, 2.75) is 45.7 Å². The molecule has 28 heavy (non-hydrogen) atoms. The van der Waals surface area contributed by atoms with Gasteiger partial charge in [-0.1, -0.05) is 35.5 Å². The SMILES string of the molecule is Cc1cc(NC(=O)N(C)Cc2noc3c2CCCC3)n(Cc2ccccc2)n1. The fourth-order valence-corrected chi connectivity index (χ4v) is 3.60. The highest BCUT2D eigenvalue weighted by Crippen LogP contribution is 2.25. The van der Waals surface area contributed by atoms with Crippen molar-refractivity contribution in [1.29, 1.82) is 0 Å². The fraction of sp³-hybridized carbons (Fsp3) is 0.381. The molecule has 7 nitrogen and oxygen atoms in total. The molecule has 1 aliphatic carbocycles. The summed E-state index contributed by atoms with van der Waals surface area (Å²) >= 11 is 0. The minimum Gasteiger partial charge on any atom is -0.361 e. The molecule has 2 heterocycles. The number of amides is 2.